The van der Waals surface area contributed by atoms with Crippen LogP contribution in [0.1, 0.15) is 43.9 Å². The minimum absolute atomic E-state index is 0.0619. The van der Waals surface area contributed by atoms with Crippen molar-refractivity contribution < 1.29 is 9.21 Å². The number of hydrogen-bond acceptors (Lipinski definition) is 3. The number of rotatable bonds is 2. The monoisotopic (exact) mass is 497 g/mol. The summed E-state index contributed by atoms with van der Waals surface area (Å²) in [5.41, 5.74) is 5.02. The van der Waals surface area contributed by atoms with Gasteiger partial charge in [-0.1, -0.05) is 72.2 Å². The van der Waals surface area contributed by atoms with E-state index in [1.165, 1.54) is 0 Å². The summed E-state index contributed by atoms with van der Waals surface area (Å²) in [4.78, 5) is 13.5. The van der Waals surface area contributed by atoms with Crippen molar-refractivity contribution in [2.45, 2.75) is 32.6 Å². The van der Waals surface area contributed by atoms with E-state index < -0.39 is 0 Å². The van der Waals surface area contributed by atoms with E-state index in [1.54, 1.807) is 0 Å². The summed E-state index contributed by atoms with van der Waals surface area (Å²) >= 11 is 3.50. The third-order valence-corrected chi connectivity index (χ3v) is 7.32. The Hall–Kier alpha value is -3.11. The Bertz CT molecular complexity index is 1440. The molecule has 0 fully saturated rings. The molecule has 1 aliphatic carbocycles. The van der Waals surface area contributed by atoms with Gasteiger partial charge in [0.15, 0.2) is 5.78 Å². The molecule has 2 heterocycles. The Morgan fingerprint density at radius 2 is 1.73 bits per heavy atom. The van der Waals surface area contributed by atoms with Crippen LogP contribution in [-0.2, 0) is 4.79 Å². The second-order valence-electron chi connectivity index (χ2n) is 9.85. The second-order valence-corrected chi connectivity index (χ2v) is 10.8. The molecule has 4 aromatic rings. The number of Topliss-reactive ketones (excluding diaryl/α,β-unsaturated/α-hetero) is 1. The number of halogens is 1. The minimum Gasteiger partial charge on any atom is -0.460 e. The number of fused-ring (bicyclic) bond motifs is 3. The number of furan rings is 1. The molecule has 1 N–H and O–H groups in total. The number of anilines is 1. The Morgan fingerprint density at radius 1 is 0.939 bits per heavy atom. The maximum Gasteiger partial charge on any atom is 0.162 e. The highest BCUT2D eigenvalue weighted by Crippen LogP contribution is 2.51. The molecule has 164 valence electrons. The summed E-state index contributed by atoms with van der Waals surface area (Å²) in [5.74, 6) is 1.60. The lowest BCUT2D eigenvalue weighted by atomic mass is 9.69. The molecule has 0 saturated carbocycles. The van der Waals surface area contributed by atoms with Crippen molar-refractivity contribution >= 4 is 38.2 Å². The molecule has 33 heavy (non-hydrogen) atoms. The zero-order valence-electron chi connectivity index (χ0n) is 18.6. The van der Waals surface area contributed by atoms with E-state index in [-0.39, 0.29) is 17.1 Å². The van der Waals surface area contributed by atoms with Gasteiger partial charge in [0.1, 0.15) is 11.5 Å². The number of nitrogens with one attached hydrogen (secondary N) is 1. The summed E-state index contributed by atoms with van der Waals surface area (Å²) < 4.78 is 7.50. The molecule has 0 saturated heterocycles. The Morgan fingerprint density at radius 3 is 2.55 bits per heavy atom. The second kappa shape index (κ2) is 7.46. The molecule has 3 aromatic carbocycles. The van der Waals surface area contributed by atoms with Crippen LogP contribution < -0.4 is 5.32 Å². The minimum atomic E-state index is -0.227. The van der Waals surface area contributed by atoms with Crippen LogP contribution in [0.15, 0.2) is 93.0 Å². The number of allylic oxidation sites excluding steroid dienone is 2. The van der Waals surface area contributed by atoms with Gasteiger partial charge in [-0.2, -0.15) is 0 Å². The van der Waals surface area contributed by atoms with Crippen molar-refractivity contribution in [3.63, 3.8) is 0 Å². The number of benzene rings is 3. The first-order valence-corrected chi connectivity index (χ1v) is 12.1. The van der Waals surface area contributed by atoms with Crippen molar-refractivity contribution in [3.05, 3.63) is 99.9 Å². The standard InChI is InChI=1S/C29H24BrNO2/c1-29(2)15-22-27(23(32)16-29)28(25-14-13-24(33-25)18-7-10-19(30)11-8-18)26-20-6-4-3-5-17(20)9-12-21(26)31-22/h3-14,28,31H,15-16H2,1-2H3. The van der Waals surface area contributed by atoms with Crippen LogP contribution in [0.2, 0.25) is 0 Å². The van der Waals surface area contributed by atoms with Gasteiger partial charge >= 0.3 is 0 Å². The lowest BCUT2D eigenvalue weighted by Gasteiger charge is -2.39. The molecule has 3 nitrogen and oxygen atoms in total. The number of carbonyl (C=O) groups excluding carboxylic acids is 1. The predicted molar refractivity (Wildman–Crippen MR) is 136 cm³/mol. The molecule has 1 unspecified atom stereocenters. The lowest BCUT2D eigenvalue weighted by molar-refractivity contribution is -0.118. The topological polar surface area (TPSA) is 42.2 Å². The van der Waals surface area contributed by atoms with Crippen molar-refractivity contribution in [1.29, 1.82) is 0 Å². The van der Waals surface area contributed by atoms with Crippen LogP contribution in [0.3, 0.4) is 0 Å². The normalized spacial score (nSPS) is 19.2. The molecule has 1 aromatic heterocycles. The zero-order valence-corrected chi connectivity index (χ0v) is 20.2. The third kappa shape index (κ3) is 3.44. The highest BCUT2D eigenvalue weighted by Gasteiger charge is 2.42. The zero-order chi connectivity index (χ0) is 22.7. The quantitative estimate of drug-likeness (QED) is 0.304. The molecule has 6 rings (SSSR count). The highest BCUT2D eigenvalue weighted by molar-refractivity contribution is 9.10. The van der Waals surface area contributed by atoms with Gasteiger partial charge in [0.05, 0.1) is 5.92 Å². The average molecular weight is 498 g/mol. The average Bonchev–Trinajstić information content (AvgIpc) is 3.27. The summed E-state index contributed by atoms with van der Waals surface area (Å²) in [7, 11) is 0. The molecule has 4 heteroatoms. The SMILES string of the molecule is CC1(C)CC(=O)C2=C(C1)Nc1ccc3ccccc3c1C2c1ccc(-c2ccc(Br)cc2)o1. The van der Waals surface area contributed by atoms with E-state index in [0.29, 0.717) is 6.42 Å². The first-order chi connectivity index (χ1) is 15.9. The van der Waals surface area contributed by atoms with Gasteiger partial charge in [0, 0.05) is 33.4 Å². The Labute approximate surface area is 201 Å². The van der Waals surface area contributed by atoms with E-state index in [1.807, 2.05) is 36.4 Å². The van der Waals surface area contributed by atoms with Gasteiger partial charge in [-0.15, -0.1) is 0 Å². The van der Waals surface area contributed by atoms with Crippen molar-refractivity contribution in [1.82, 2.24) is 0 Å². The summed E-state index contributed by atoms with van der Waals surface area (Å²) in [6.45, 7) is 4.33. The molecule has 0 spiro atoms. The molecule has 2 aliphatic rings. The summed E-state index contributed by atoms with van der Waals surface area (Å²) in [5, 5.41) is 5.95. The van der Waals surface area contributed by atoms with Crippen LogP contribution in [0.25, 0.3) is 22.1 Å². The van der Waals surface area contributed by atoms with Gasteiger partial charge < -0.3 is 9.73 Å². The van der Waals surface area contributed by atoms with Crippen molar-refractivity contribution in [2.75, 3.05) is 5.32 Å². The van der Waals surface area contributed by atoms with Crippen molar-refractivity contribution in [3.8, 4) is 11.3 Å². The predicted octanol–water partition coefficient (Wildman–Crippen LogP) is 8.06. The Balaban J connectivity index is 1.57. The number of carbonyl (C=O) groups is 1. The van der Waals surface area contributed by atoms with Crippen LogP contribution in [0, 0.1) is 5.41 Å². The third-order valence-electron chi connectivity index (χ3n) is 6.79. The van der Waals surface area contributed by atoms with Crippen LogP contribution in [-0.4, -0.2) is 5.78 Å². The van der Waals surface area contributed by atoms with Gasteiger partial charge in [0.2, 0.25) is 0 Å². The molecule has 1 atom stereocenters. The van der Waals surface area contributed by atoms with Gasteiger partial charge in [0.25, 0.3) is 0 Å². The first kappa shape index (κ1) is 20.5. The van der Waals surface area contributed by atoms with Gasteiger partial charge in [-0.25, -0.2) is 0 Å². The molecule has 0 amide bonds. The molecule has 0 bridgehead atoms. The smallest absolute Gasteiger partial charge is 0.162 e. The molecule has 1 aliphatic heterocycles. The van der Waals surface area contributed by atoms with E-state index in [0.717, 1.165) is 61.3 Å². The fraction of sp³-hybridized carbons (Fsp3) is 0.207. The fourth-order valence-electron chi connectivity index (χ4n) is 5.37. The van der Waals surface area contributed by atoms with Crippen molar-refractivity contribution in [2.24, 2.45) is 5.41 Å². The molecular weight excluding hydrogens is 474 g/mol. The van der Waals surface area contributed by atoms with Gasteiger partial charge in [-0.3, -0.25) is 4.79 Å². The lowest BCUT2D eigenvalue weighted by Crippen LogP contribution is -2.33. The largest absolute Gasteiger partial charge is 0.460 e. The van der Waals surface area contributed by atoms with Crippen LogP contribution in [0.5, 0.6) is 0 Å². The van der Waals surface area contributed by atoms with Crippen LogP contribution in [0.4, 0.5) is 5.69 Å². The Kier molecular flexibility index (Phi) is 4.63. The van der Waals surface area contributed by atoms with Crippen LogP contribution >= 0.6 is 15.9 Å². The number of hydrogen-bond donors (Lipinski definition) is 1. The fourth-order valence-corrected chi connectivity index (χ4v) is 5.63. The molecule has 0 radical (unpaired) electrons. The maximum atomic E-state index is 13.5. The van der Waals surface area contributed by atoms with E-state index in [2.05, 4.69) is 71.5 Å². The highest BCUT2D eigenvalue weighted by atomic mass is 79.9. The summed E-state index contributed by atoms with van der Waals surface area (Å²) in [6, 6.07) is 24.8. The summed E-state index contributed by atoms with van der Waals surface area (Å²) in [6.07, 6.45) is 1.39. The van der Waals surface area contributed by atoms with E-state index >= 15 is 0 Å². The van der Waals surface area contributed by atoms with E-state index in [4.69, 9.17) is 4.42 Å². The first-order valence-electron chi connectivity index (χ1n) is 11.3. The maximum absolute atomic E-state index is 13.5. The van der Waals surface area contributed by atoms with Gasteiger partial charge in [-0.05, 0) is 58.5 Å². The number of ketones is 1. The van der Waals surface area contributed by atoms with E-state index in [9.17, 15) is 4.79 Å². The molecular formula is C29H24BrNO2.